The van der Waals surface area contributed by atoms with Gasteiger partial charge in [-0.15, -0.1) is 0 Å². The second-order valence-corrected chi connectivity index (χ2v) is 2.99. The van der Waals surface area contributed by atoms with Gasteiger partial charge in [0.25, 0.3) is 0 Å². The second kappa shape index (κ2) is 4.05. The van der Waals surface area contributed by atoms with Crippen LogP contribution >= 0.6 is 0 Å². The van der Waals surface area contributed by atoms with E-state index in [9.17, 15) is 0 Å². The third-order valence-corrected chi connectivity index (χ3v) is 1.95. The maximum absolute atomic E-state index is 8.59. The van der Waals surface area contributed by atoms with Gasteiger partial charge >= 0.3 is 0 Å². The summed E-state index contributed by atoms with van der Waals surface area (Å²) < 4.78 is 1.83. The summed E-state index contributed by atoms with van der Waals surface area (Å²) in [7, 11) is 0. The van der Waals surface area contributed by atoms with Crippen LogP contribution in [0, 0.1) is 0 Å². The summed E-state index contributed by atoms with van der Waals surface area (Å²) in [5.74, 6) is 0.232. The molecule has 0 fully saturated rings. The number of nitrogens with two attached hydrogens (primary N) is 1. The predicted molar refractivity (Wildman–Crippen MR) is 56.0 cm³/mol. The zero-order valence-corrected chi connectivity index (χ0v) is 8.04. The van der Waals surface area contributed by atoms with Crippen LogP contribution < -0.4 is 5.73 Å². The molecule has 3 N–H and O–H groups in total. The smallest absolute Gasteiger partial charge is 0.222 e. The molecule has 15 heavy (non-hydrogen) atoms. The first-order valence-corrected chi connectivity index (χ1v) is 4.50. The third-order valence-electron chi connectivity index (χ3n) is 1.95. The summed E-state index contributed by atoms with van der Waals surface area (Å²) in [6.07, 6.45) is 6.75. The van der Waals surface area contributed by atoms with Crippen molar-refractivity contribution in [2.75, 3.05) is 12.3 Å². The number of allylic oxidation sites excluding steroid dienone is 1. The molecule has 0 bridgehead atoms. The van der Waals surface area contributed by atoms with Crippen LogP contribution in [-0.2, 0) is 6.54 Å². The number of fused-ring (bicyclic) bond motifs is 1. The molecule has 2 aromatic rings. The van der Waals surface area contributed by atoms with E-state index in [0.717, 1.165) is 0 Å². The molecule has 0 saturated carbocycles. The average molecular weight is 205 g/mol. The molecule has 0 aliphatic heterocycles. The van der Waals surface area contributed by atoms with Gasteiger partial charge in [0.05, 0.1) is 19.1 Å². The minimum absolute atomic E-state index is 0.0315. The summed E-state index contributed by atoms with van der Waals surface area (Å²) in [4.78, 5) is 12.1. The molecular formula is C9H11N5O. The maximum atomic E-state index is 8.59. The number of nitrogens with zero attached hydrogens (tertiary/aromatic N) is 4. The number of imidazole rings is 1. The lowest BCUT2D eigenvalue weighted by atomic mass is 10.5. The molecule has 0 atom stereocenters. The van der Waals surface area contributed by atoms with E-state index >= 15 is 0 Å². The highest BCUT2D eigenvalue weighted by atomic mass is 16.2. The first-order valence-electron chi connectivity index (χ1n) is 4.50. The Bertz CT molecular complexity index is 490. The van der Waals surface area contributed by atoms with E-state index in [2.05, 4.69) is 15.0 Å². The van der Waals surface area contributed by atoms with Crippen LogP contribution in [0.2, 0.25) is 0 Å². The SMILES string of the molecule is Nc1ncc2ncn(CC=CCO)c2n1. The molecule has 2 heterocycles. The molecule has 2 aromatic heterocycles. The van der Waals surface area contributed by atoms with E-state index in [1.165, 1.54) is 0 Å². The Morgan fingerprint density at radius 3 is 3.07 bits per heavy atom. The van der Waals surface area contributed by atoms with E-state index in [-0.39, 0.29) is 12.6 Å². The molecule has 0 saturated heterocycles. The Balaban J connectivity index is 2.35. The highest BCUT2D eigenvalue weighted by molar-refractivity contribution is 5.70. The van der Waals surface area contributed by atoms with Gasteiger partial charge in [0.15, 0.2) is 5.65 Å². The number of anilines is 1. The van der Waals surface area contributed by atoms with Crippen LogP contribution in [0.25, 0.3) is 11.2 Å². The van der Waals surface area contributed by atoms with Gasteiger partial charge in [-0.1, -0.05) is 12.2 Å². The molecule has 0 aliphatic carbocycles. The summed E-state index contributed by atoms with van der Waals surface area (Å²) in [6.45, 7) is 0.636. The minimum Gasteiger partial charge on any atom is -0.392 e. The van der Waals surface area contributed by atoms with Crippen molar-refractivity contribution in [2.45, 2.75) is 6.54 Å². The standard InChI is InChI=1S/C9H11N5O/c10-9-11-5-7-8(13-9)14(6-12-7)3-1-2-4-15/h1-2,5-6,15H,3-4H2,(H2,10,11,13). The van der Waals surface area contributed by atoms with Gasteiger partial charge in [-0.3, -0.25) is 0 Å². The fourth-order valence-corrected chi connectivity index (χ4v) is 1.26. The fraction of sp³-hybridized carbons (Fsp3) is 0.222. The summed E-state index contributed by atoms with van der Waals surface area (Å²) in [5.41, 5.74) is 6.89. The number of hydrogen-bond donors (Lipinski definition) is 2. The molecule has 0 unspecified atom stereocenters. The number of aliphatic hydroxyl groups is 1. The fourth-order valence-electron chi connectivity index (χ4n) is 1.26. The normalized spacial score (nSPS) is 11.5. The second-order valence-electron chi connectivity index (χ2n) is 2.99. The summed E-state index contributed by atoms with van der Waals surface area (Å²) in [6, 6.07) is 0. The quantitative estimate of drug-likeness (QED) is 0.686. The van der Waals surface area contributed by atoms with Crippen molar-refractivity contribution < 1.29 is 5.11 Å². The van der Waals surface area contributed by atoms with E-state index in [1.807, 2.05) is 10.6 Å². The largest absolute Gasteiger partial charge is 0.392 e. The Labute approximate surface area is 86.1 Å². The van der Waals surface area contributed by atoms with E-state index < -0.39 is 0 Å². The predicted octanol–water partition coefficient (Wildman–Crippen LogP) is -0.0430. The molecule has 0 aliphatic rings. The lowest BCUT2D eigenvalue weighted by Gasteiger charge is -1.98. The summed E-state index contributed by atoms with van der Waals surface area (Å²) >= 11 is 0. The Morgan fingerprint density at radius 2 is 2.27 bits per heavy atom. The van der Waals surface area contributed by atoms with Crippen LogP contribution in [-0.4, -0.2) is 31.2 Å². The van der Waals surface area contributed by atoms with Gasteiger partial charge in [0, 0.05) is 6.54 Å². The molecule has 2 rings (SSSR count). The summed E-state index contributed by atoms with van der Waals surface area (Å²) in [5, 5.41) is 8.59. The lowest BCUT2D eigenvalue weighted by molar-refractivity contribution is 0.342. The van der Waals surface area contributed by atoms with Gasteiger partial charge in [0.2, 0.25) is 5.95 Å². The number of nitrogen functional groups attached to an aromatic ring is 1. The topological polar surface area (TPSA) is 89.8 Å². The van der Waals surface area contributed by atoms with E-state index in [1.54, 1.807) is 18.6 Å². The molecule has 6 nitrogen and oxygen atoms in total. The molecule has 0 aromatic carbocycles. The van der Waals surface area contributed by atoms with Crippen LogP contribution in [0.1, 0.15) is 0 Å². The molecule has 6 heteroatoms. The zero-order chi connectivity index (χ0) is 10.7. The van der Waals surface area contributed by atoms with Crippen LogP contribution in [0.4, 0.5) is 5.95 Å². The first kappa shape index (κ1) is 9.60. The minimum atomic E-state index is 0.0315. The maximum Gasteiger partial charge on any atom is 0.222 e. The van der Waals surface area contributed by atoms with Crippen molar-refractivity contribution in [1.82, 2.24) is 19.5 Å². The monoisotopic (exact) mass is 205 g/mol. The van der Waals surface area contributed by atoms with Crippen molar-refractivity contribution in [3.8, 4) is 0 Å². The molecule has 0 radical (unpaired) electrons. The van der Waals surface area contributed by atoms with Gasteiger partial charge in [-0.25, -0.2) is 9.97 Å². The Hall–Kier alpha value is -1.95. The molecule has 0 amide bonds. The van der Waals surface area contributed by atoms with Crippen LogP contribution in [0.15, 0.2) is 24.7 Å². The molecule has 78 valence electrons. The van der Waals surface area contributed by atoms with Crippen LogP contribution in [0.3, 0.4) is 0 Å². The van der Waals surface area contributed by atoms with Gasteiger partial charge in [-0.2, -0.15) is 4.98 Å². The zero-order valence-electron chi connectivity index (χ0n) is 8.04. The first-order chi connectivity index (χ1) is 7.31. The van der Waals surface area contributed by atoms with E-state index in [0.29, 0.717) is 17.7 Å². The highest BCUT2D eigenvalue weighted by Crippen LogP contribution is 2.09. The van der Waals surface area contributed by atoms with Crippen molar-refractivity contribution in [3.05, 3.63) is 24.7 Å². The Morgan fingerprint density at radius 1 is 1.40 bits per heavy atom. The van der Waals surface area contributed by atoms with Crippen LogP contribution in [0.5, 0.6) is 0 Å². The lowest BCUT2D eigenvalue weighted by Crippen LogP contribution is -1.99. The third kappa shape index (κ3) is 1.94. The molecular weight excluding hydrogens is 194 g/mol. The molecule has 0 spiro atoms. The number of hydrogen-bond acceptors (Lipinski definition) is 5. The van der Waals surface area contributed by atoms with Crippen molar-refractivity contribution in [1.29, 1.82) is 0 Å². The van der Waals surface area contributed by atoms with Crippen molar-refractivity contribution in [3.63, 3.8) is 0 Å². The van der Waals surface area contributed by atoms with Crippen molar-refractivity contribution in [2.24, 2.45) is 0 Å². The highest BCUT2D eigenvalue weighted by Gasteiger charge is 2.03. The van der Waals surface area contributed by atoms with Gasteiger partial charge in [-0.05, 0) is 0 Å². The Kier molecular flexibility index (Phi) is 2.59. The van der Waals surface area contributed by atoms with Crippen molar-refractivity contribution >= 4 is 17.1 Å². The number of rotatable bonds is 3. The average Bonchev–Trinajstić information content (AvgIpc) is 2.62. The van der Waals surface area contributed by atoms with Gasteiger partial charge < -0.3 is 15.4 Å². The number of aromatic nitrogens is 4. The number of aliphatic hydroxyl groups excluding tert-OH is 1. The van der Waals surface area contributed by atoms with Gasteiger partial charge in [0.1, 0.15) is 5.52 Å². The van der Waals surface area contributed by atoms with E-state index in [4.69, 9.17) is 10.8 Å².